The second-order valence-electron chi connectivity index (χ2n) is 6.70. The smallest absolute Gasteiger partial charge is 0.360 e. The summed E-state index contributed by atoms with van der Waals surface area (Å²) in [7, 11) is 1.28. The highest BCUT2D eigenvalue weighted by Crippen LogP contribution is 2.44. The van der Waals surface area contributed by atoms with Crippen LogP contribution in [0.15, 0.2) is 6.20 Å². The summed E-state index contributed by atoms with van der Waals surface area (Å²) in [6.45, 7) is 1.83. The zero-order valence-corrected chi connectivity index (χ0v) is 15.2. The van der Waals surface area contributed by atoms with Gasteiger partial charge in [0.15, 0.2) is 16.7 Å². The molecule has 134 valence electrons. The van der Waals surface area contributed by atoms with E-state index in [0.29, 0.717) is 17.1 Å². The number of nitrogens with zero attached hydrogens (tertiary/aromatic N) is 5. The van der Waals surface area contributed by atoms with Crippen molar-refractivity contribution in [3.05, 3.63) is 28.4 Å². The summed E-state index contributed by atoms with van der Waals surface area (Å²) in [5.74, 6) is -0.0584. The maximum Gasteiger partial charge on any atom is 0.360 e. The Hall–Kier alpha value is -2.66. The Morgan fingerprint density at radius 1 is 1.46 bits per heavy atom. The Bertz CT molecular complexity index is 939. The monoisotopic (exact) mass is 372 g/mol. The zero-order chi connectivity index (χ0) is 18.5. The number of nitrogens with one attached hydrogen (secondary N) is 1. The van der Waals surface area contributed by atoms with Crippen molar-refractivity contribution in [1.29, 1.82) is 5.26 Å². The molecule has 2 saturated carbocycles. The largest absolute Gasteiger partial charge is 0.464 e. The first-order valence-electron chi connectivity index (χ1n) is 8.38. The molecule has 0 aromatic carbocycles. The van der Waals surface area contributed by atoms with Crippen LogP contribution in [-0.4, -0.2) is 32.8 Å². The number of methoxy groups -OCH3 is 1. The quantitative estimate of drug-likeness (QED) is 0.804. The first kappa shape index (κ1) is 16.8. The van der Waals surface area contributed by atoms with Gasteiger partial charge in [-0.15, -0.1) is 0 Å². The van der Waals surface area contributed by atoms with Crippen LogP contribution in [0.25, 0.3) is 0 Å². The number of halogens is 1. The van der Waals surface area contributed by atoms with Gasteiger partial charge in [0, 0.05) is 5.92 Å². The normalized spacial score (nSPS) is 17.5. The summed E-state index contributed by atoms with van der Waals surface area (Å²) in [5.41, 5.74) is 1.51. The minimum Gasteiger partial charge on any atom is -0.464 e. The molecular formula is C17H17ClN6O2. The first-order chi connectivity index (χ1) is 12.5. The van der Waals surface area contributed by atoms with E-state index in [2.05, 4.69) is 26.5 Å². The summed E-state index contributed by atoms with van der Waals surface area (Å²) in [6.07, 6.45) is 5.34. The molecule has 2 aliphatic rings. The van der Waals surface area contributed by atoms with E-state index in [1.165, 1.54) is 7.11 Å². The molecule has 2 fully saturated rings. The Morgan fingerprint density at radius 3 is 2.77 bits per heavy atom. The highest BCUT2D eigenvalue weighted by Gasteiger charge is 2.46. The average Bonchev–Trinajstić information content (AvgIpc) is 3.55. The van der Waals surface area contributed by atoms with E-state index in [-0.39, 0.29) is 22.6 Å². The lowest BCUT2D eigenvalue weighted by atomic mass is 10.3. The van der Waals surface area contributed by atoms with E-state index in [4.69, 9.17) is 16.3 Å². The summed E-state index contributed by atoms with van der Waals surface area (Å²) >= 11 is 6.20. The molecule has 0 spiro atoms. The van der Waals surface area contributed by atoms with Gasteiger partial charge in [-0.2, -0.15) is 10.4 Å². The number of carbonyl (C=O) groups is 1. The fourth-order valence-corrected chi connectivity index (χ4v) is 3.09. The molecule has 26 heavy (non-hydrogen) atoms. The molecule has 0 saturated heterocycles. The molecule has 0 aliphatic heterocycles. The topological polar surface area (TPSA) is 106 Å². The standard InChI is InChI=1S/C17H17ClN6O2/c1-9-11(7-24(23-9)17(8-19)5-6-17)20-15-13(16(25)26-2)21-14(18)12(22-15)10-3-4-10/h7,10H,3-6H2,1-2H3,(H,20,22). The second kappa shape index (κ2) is 5.95. The molecule has 2 aliphatic carbocycles. The zero-order valence-electron chi connectivity index (χ0n) is 14.4. The third kappa shape index (κ3) is 2.78. The van der Waals surface area contributed by atoms with Crippen molar-refractivity contribution in [2.45, 2.75) is 44.1 Å². The van der Waals surface area contributed by atoms with Gasteiger partial charge in [-0.3, -0.25) is 0 Å². The van der Waals surface area contributed by atoms with Crippen molar-refractivity contribution in [2.75, 3.05) is 12.4 Å². The van der Waals surface area contributed by atoms with Gasteiger partial charge in [-0.05, 0) is 32.6 Å². The van der Waals surface area contributed by atoms with Gasteiger partial charge in [0.25, 0.3) is 0 Å². The highest BCUT2D eigenvalue weighted by atomic mass is 35.5. The molecule has 9 heteroatoms. The molecule has 4 rings (SSSR count). The SMILES string of the molecule is COC(=O)c1nc(Cl)c(C2CC2)nc1Nc1cn(C2(C#N)CC2)nc1C. The number of rotatable bonds is 5. The lowest BCUT2D eigenvalue weighted by Gasteiger charge is -2.11. The van der Waals surface area contributed by atoms with Crippen LogP contribution in [0.1, 0.15) is 53.5 Å². The Labute approximate surface area is 155 Å². The maximum atomic E-state index is 12.1. The van der Waals surface area contributed by atoms with Crippen molar-refractivity contribution in [3.8, 4) is 6.07 Å². The molecule has 0 unspecified atom stereocenters. The molecule has 1 N–H and O–H groups in total. The minimum atomic E-state index is -0.620. The van der Waals surface area contributed by atoms with Crippen molar-refractivity contribution >= 4 is 29.1 Å². The third-order valence-electron chi connectivity index (χ3n) is 4.74. The highest BCUT2D eigenvalue weighted by molar-refractivity contribution is 6.30. The maximum absolute atomic E-state index is 12.1. The van der Waals surface area contributed by atoms with Gasteiger partial charge in [0.2, 0.25) is 0 Å². The lowest BCUT2D eigenvalue weighted by Crippen LogP contribution is -2.15. The lowest BCUT2D eigenvalue weighted by molar-refractivity contribution is 0.0595. The second-order valence-corrected chi connectivity index (χ2v) is 7.06. The predicted octanol–water partition coefficient (Wildman–Crippen LogP) is 3.06. The number of esters is 1. The Kier molecular flexibility index (Phi) is 3.84. The van der Waals surface area contributed by atoms with Crippen LogP contribution in [0.5, 0.6) is 0 Å². The summed E-state index contributed by atoms with van der Waals surface area (Å²) in [5, 5.41) is 17.1. The van der Waals surface area contributed by atoms with E-state index in [1.54, 1.807) is 10.9 Å². The van der Waals surface area contributed by atoms with Gasteiger partial charge in [-0.25, -0.2) is 19.4 Å². The molecule has 2 aromatic heterocycles. The summed E-state index contributed by atoms with van der Waals surface area (Å²) < 4.78 is 6.47. The van der Waals surface area contributed by atoms with Gasteiger partial charge < -0.3 is 10.1 Å². The van der Waals surface area contributed by atoms with E-state index in [9.17, 15) is 10.1 Å². The van der Waals surface area contributed by atoms with Crippen LogP contribution in [0.3, 0.4) is 0 Å². The molecule has 0 bridgehead atoms. The van der Waals surface area contributed by atoms with Gasteiger partial charge in [0.05, 0.1) is 36.5 Å². The first-order valence-corrected chi connectivity index (χ1v) is 8.76. The molecular weight excluding hydrogens is 356 g/mol. The number of hydrogen-bond acceptors (Lipinski definition) is 7. The molecule has 0 atom stereocenters. The van der Waals surface area contributed by atoms with Crippen molar-refractivity contribution < 1.29 is 9.53 Å². The van der Waals surface area contributed by atoms with Crippen LogP contribution < -0.4 is 5.32 Å². The average molecular weight is 373 g/mol. The van der Waals surface area contributed by atoms with Crippen LogP contribution in [0.4, 0.5) is 11.5 Å². The summed E-state index contributed by atoms with van der Waals surface area (Å²) in [4.78, 5) is 20.8. The molecule has 0 amide bonds. The molecule has 2 aromatic rings. The van der Waals surface area contributed by atoms with Crippen LogP contribution in [0, 0.1) is 18.3 Å². The fraction of sp³-hybridized carbons (Fsp3) is 0.471. The summed E-state index contributed by atoms with van der Waals surface area (Å²) in [6, 6.07) is 2.30. The number of hydrogen-bond donors (Lipinski definition) is 1. The molecule has 0 radical (unpaired) electrons. The predicted molar refractivity (Wildman–Crippen MR) is 93.4 cm³/mol. The number of aromatic nitrogens is 4. The number of aryl methyl sites for hydroxylation is 1. The van der Waals surface area contributed by atoms with Crippen molar-refractivity contribution in [2.24, 2.45) is 0 Å². The third-order valence-corrected chi connectivity index (χ3v) is 5.02. The number of nitriles is 1. The van der Waals surface area contributed by atoms with E-state index >= 15 is 0 Å². The molecule has 8 nitrogen and oxygen atoms in total. The van der Waals surface area contributed by atoms with Gasteiger partial charge >= 0.3 is 5.97 Å². The van der Waals surface area contributed by atoms with Crippen molar-refractivity contribution in [3.63, 3.8) is 0 Å². The molecule has 2 heterocycles. The van der Waals surface area contributed by atoms with Crippen molar-refractivity contribution in [1.82, 2.24) is 19.7 Å². The van der Waals surface area contributed by atoms with Crippen LogP contribution >= 0.6 is 11.6 Å². The Morgan fingerprint density at radius 2 is 2.19 bits per heavy atom. The number of ether oxygens (including phenoxy) is 1. The Balaban J connectivity index is 1.72. The van der Waals surface area contributed by atoms with Crippen LogP contribution in [-0.2, 0) is 10.3 Å². The van der Waals surface area contributed by atoms with E-state index in [1.807, 2.05) is 6.92 Å². The van der Waals surface area contributed by atoms with Crippen LogP contribution in [0.2, 0.25) is 5.15 Å². The number of carbonyl (C=O) groups excluding carboxylic acids is 1. The van der Waals surface area contributed by atoms with Gasteiger partial charge in [0.1, 0.15) is 5.54 Å². The van der Waals surface area contributed by atoms with E-state index < -0.39 is 11.5 Å². The van der Waals surface area contributed by atoms with E-state index in [0.717, 1.165) is 25.7 Å². The minimum absolute atomic E-state index is 0.0236. The number of anilines is 2. The van der Waals surface area contributed by atoms with Gasteiger partial charge in [-0.1, -0.05) is 11.6 Å². The fourth-order valence-electron chi connectivity index (χ4n) is 2.81.